The van der Waals surface area contributed by atoms with E-state index < -0.39 is 36.1 Å². The summed E-state index contributed by atoms with van der Waals surface area (Å²) in [6, 6.07) is 1.49. The molecule has 2 aliphatic rings. The molecule has 10 heteroatoms. The summed E-state index contributed by atoms with van der Waals surface area (Å²) in [5.74, 6) is -1.08. The molecule has 1 aromatic carbocycles. The third kappa shape index (κ3) is 3.53. The van der Waals surface area contributed by atoms with Crippen molar-refractivity contribution < 1.29 is 24.2 Å². The van der Waals surface area contributed by atoms with Crippen molar-refractivity contribution in [3.63, 3.8) is 0 Å². The van der Waals surface area contributed by atoms with E-state index >= 15 is 0 Å². The lowest BCUT2D eigenvalue weighted by molar-refractivity contribution is -0.130. The van der Waals surface area contributed by atoms with Crippen molar-refractivity contribution in [3.05, 3.63) is 22.2 Å². The van der Waals surface area contributed by atoms with Crippen molar-refractivity contribution in [2.45, 2.75) is 32.0 Å². The average molecular weight is 441 g/mol. The van der Waals surface area contributed by atoms with Crippen LogP contribution < -0.4 is 20.7 Å². The van der Waals surface area contributed by atoms with Crippen LogP contribution in [-0.4, -0.2) is 47.8 Å². The monoisotopic (exact) mass is 440 g/mol. The minimum Gasteiger partial charge on any atom is -0.503 e. The lowest BCUT2D eigenvalue weighted by Gasteiger charge is -2.46. The Morgan fingerprint density at radius 3 is 2.67 bits per heavy atom. The van der Waals surface area contributed by atoms with E-state index in [1.807, 2.05) is 6.92 Å². The highest BCUT2D eigenvalue weighted by Gasteiger charge is 2.49. The summed E-state index contributed by atoms with van der Waals surface area (Å²) in [5.41, 5.74) is 0.571. The summed E-state index contributed by atoms with van der Waals surface area (Å²) in [7, 11) is 1.41. The number of benzene rings is 1. The van der Waals surface area contributed by atoms with E-state index in [4.69, 9.17) is 4.74 Å². The van der Waals surface area contributed by atoms with Gasteiger partial charge in [-0.3, -0.25) is 10.1 Å². The molecule has 0 spiro atoms. The van der Waals surface area contributed by atoms with Gasteiger partial charge in [-0.05, 0) is 40.0 Å². The highest BCUT2D eigenvalue weighted by molar-refractivity contribution is 9.10. The summed E-state index contributed by atoms with van der Waals surface area (Å²) in [6.45, 7) is 2.42. The Balaban J connectivity index is 2.01. The van der Waals surface area contributed by atoms with Crippen LogP contribution in [0.4, 0.5) is 9.59 Å². The fourth-order valence-electron chi connectivity index (χ4n) is 3.42. The average Bonchev–Trinajstić information content (AvgIpc) is 2.62. The molecule has 2 fully saturated rings. The SMILES string of the molecule is CCCCN1C(=O)NC(=O)C2C(c3cc(Br)c(O)c(OC)c3)NC(=O)NC21. The highest BCUT2D eigenvalue weighted by atomic mass is 79.9. The number of phenols is 1. The summed E-state index contributed by atoms with van der Waals surface area (Å²) >= 11 is 3.25. The molecule has 4 N–H and O–H groups in total. The van der Waals surface area contributed by atoms with Crippen LogP contribution in [0, 0.1) is 5.92 Å². The largest absolute Gasteiger partial charge is 0.503 e. The zero-order valence-electron chi connectivity index (χ0n) is 14.9. The summed E-state index contributed by atoms with van der Waals surface area (Å²) < 4.78 is 5.54. The van der Waals surface area contributed by atoms with Gasteiger partial charge < -0.3 is 25.4 Å². The lowest BCUT2D eigenvalue weighted by Crippen LogP contribution is -2.72. The molecule has 0 saturated carbocycles. The second kappa shape index (κ2) is 7.63. The number of unbranched alkanes of at least 4 members (excludes halogenated alkanes) is 1. The van der Waals surface area contributed by atoms with E-state index in [-0.39, 0.29) is 11.5 Å². The van der Waals surface area contributed by atoms with Gasteiger partial charge in [-0.2, -0.15) is 0 Å². The second-order valence-electron chi connectivity index (χ2n) is 6.46. The van der Waals surface area contributed by atoms with Gasteiger partial charge in [0.15, 0.2) is 11.5 Å². The van der Waals surface area contributed by atoms with Gasteiger partial charge in [0.05, 0.1) is 17.6 Å². The van der Waals surface area contributed by atoms with Gasteiger partial charge >= 0.3 is 12.1 Å². The number of fused-ring (bicyclic) bond motifs is 1. The van der Waals surface area contributed by atoms with Crippen molar-refractivity contribution in [1.82, 2.24) is 20.9 Å². The molecule has 2 heterocycles. The number of rotatable bonds is 5. The first kappa shape index (κ1) is 19.3. The van der Waals surface area contributed by atoms with E-state index in [2.05, 4.69) is 31.9 Å². The number of nitrogens with zero attached hydrogens (tertiary/aromatic N) is 1. The molecule has 3 unspecified atom stereocenters. The number of imide groups is 1. The van der Waals surface area contributed by atoms with Crippen molar-refractivity contribution >= 4 is 33.9 Å². The maximum atomic E-state index is 12.6. The number of phenolic OH excluding ortho intramolecular Hbond substituents is 1. The van der Waals surface area contributed by atoms with E-state index in [1.54, 1.807) is 12.1 Å². The molecule has 0 aromatic heterocycles. The smallest absolute Gasteiger partial charge is 0.325 e. The van der Waals surface area contributed by atoms with Crippen LogP contribution in [0.3, 0.4) is 0 Å². The molecule has 0 bridgehead atoms. The van der Waals surface area contributed by atoms with Gasteiger partial charge in [-0.1, -0.05) is 13.3 Å². The molecule has 0 radical (unpaired) electrons. The van der Waals surface area contributed by atoms with E-state index in [0.29, 0.717) is 16.6 Å². The molecule has 2 aliphatic heterocycles. The number of aromatic hydroxyl groups is 1. The first-order valence-electron chi connectivity index (χ1n) is 8.62. The van der Waals surface area contributed by atoms with Crippen LogP contribution in [0.15, 0.2) is 16.6 Å². The Morgan fingerprint density at radius 2 is 2.00 bits per heavy atom. The zero-order chi connectivity index (χ0) is 19.7. The van der Waals surface area contributed by atoms with Crippen LogP contribution >= 0.6 is 15.9 Å². The van der Waals surface area contributed by atoms with E-state index in [9.17, 15) is 19.5 Å². The number of halogens is 1. The minimum absolute atomic E-state index is 0.0779. The Morgan fingerprint density at radius 1 is 1.26 bits per heavy atom. The van der Waals surface area contributed by atoms with Crippen LogP contribution in [0.25, 0.3) is 0 Å². The van der Waals surface area contributed by atoms with Gasteiger partial charge in [0.25, 0.3) is 0 Å². The standard InChI is InChI=1S/C17H21BrN4O5/c1-3-4-5-22-14-11(15(24)21-17(22)26)12(19-16(25)20-14)8-6-9(18)13(23)10(7-8)27-2/h6-7,11-12,14,23H,3-5H2,1-2H3,(H2,19,20,25)(H,21,24,26). The maximum Gasteiger partial charge on any atom is 0.325 e. The molecule has 9 nitrogen and oxygen atoms in total. The quantitative estimate of drug-likeness (QED) is 0.556. The number of carbonyl (C=O) groups is 3. The molecular weight excluding hydrogens is 420 g/mol. The maximum absolute atomic E-state index is 12.6. The van der Waals surface area contributed by atoms with Crippen molar-refractivity contribution in [2.75, 3.05) is 13.7 Å². The predicted octanol–water partition coefficient (Wildman–Crippen LogP) is 1.81. The molecule has 27 heavy (non-hydrogen) atoms. The van der Waals surface area contributed by atoms with Crippen LogP contribution in [0.1, 0.15) is 31.4 Å². The van der Waals surface area contributed by atoms with Crippen molar-refractivity contribution in [3.8, 4) is 11.5 Å². The fourth-order valence-corrected chi connectivity index (χ4v) is 3.88. The van der Waals surface area contributed by atoms with E-state index in [1.165, 1.54) is 12.0 Å². The molecule has 3 atom stereocenters. The van der Waals surface area contributed by atoms with Crippen LogP contribution in [0.5, 0.6) is 11.5 Å². The highest BCUT2D eigenvalue weighted by Crippen LogP contribution is 2.40. The summed E-state index contributed by atoms with van der Waals surface area (Å²) in [5, 5.41) is 17.8. The number of nitrogens with one attached hydrogen (secondary N) is 3. The number of methoxy groups -OCH3 is 1. The number of hydrogen-bond acceptors (Lipinski definition) is 5. The third-order valence-corrected chi connectivity index (χ3v) is 5.38. The van der Waals surface area contributed by atoms with E-state index in [0.717, 1.165) is 12.8 Å². The molecule has 3 rings (SSSR count). The van der Waals surface area contributed by atoms with Crippen molar-refractivity contribution in [2.24, 2.45) is 5.92 Å². The molecular formula is C17H21BrN4O5. The molecule has 1 aromatic rings. The zero-order valence-corrected chi connectivity index (χ0v) is 16.5. The minimum atomic E-state index is -0.755. The Hall–Kier alpha value is -2.49. The Kier molecular flexibility index (Phi) is 5.45. The van der Waals surface area contributed by atoms with Crippen LogP contribution in [-0.2, 0) is 4.79 Å². The molecule has 5 amide bonds. The number of hydrogen-bond donors (Lipinski definition) is 4. The van der Waals surface area contributed by atoms with Crippen molar-refractivity contribution in [1.29, 1.82) is 0 Å². The number of amides is 5. The first-order chi connectivity index (χ1) is 12.9. The normalized spacial score (nSPS) is 24.6. The van der Waals surface area contributed by atoms with Gasteiger partial charge in [-0.25, -0.2) is 9.59 Å². The lowest BCUT2D eigenvalue weighted by atomic mass is 9.86. The number of carbonyl (C=O) groups excluding carboxylic acids is 3. The van der Waals surface area contributed by atoms with Gasteiger partial charge in [-0.15, -0.1) is 0 Å². The molecule has 2 saturated heterocycles. The van der Waals surface area contributed by atoms with Gasteiger partial charge in [0.1, 0.15) is 12.1 Å². The molecule has 146 valence electrons. The first-order valence-corrected chi connectivity index (χ1v) is 9.41. The summed E-state index contributed by atoms with van der Waals surface area (Å²) in [4.78, 5) is 38.6. The Bertz CT molecular complexity index is 787. The fraction of sp³-hybridized carbons (Fsp3) is 0.471. The number of urea groups is 2. The predicted molar refractivity (Wildman–Crippen MR) is 99.2 cm³/mol. The molecule has 0 aliphatic carbocycles. The number of ether oxygens (including phenoxy) is 1. The second-order valence-corrected chi connectivity index (χ2v) is 7.32. The Labute approximate surface area is 164 Å². The third-order valence-electron chi connectivity index (χ3n) is 4.78. The summed E-state index contributed by atoms with van der Waals surface area (Å²) in [6.07, 6.45) is 0.861. The van der Waals surface area contributed by atoms with Gasteiger partial charge in [0, 0.05) is 6.54 Å². The van der Waals surface area contributed by atoms with Gasteiger partial charge in [0.2, 0.25) is 5.91 Å². The topological polar surface area (TPSA) is 120 Å². The van der Waals surface area contributed by atoms with Crippen LogP contribution in [0.2, 0.25) is 0 Å².